The van der Waals surface area contributed by atoms with Crippen LogP contribution < -0.4 is 10.1 Å². The van der Waals surface area contributed by atoms with Crippen molar-refractivity contribution in [1.82, 2.24) is 5.32 Å². The van der Waals surface area contributed by atoms with E-state index in [1.807, 2.05) is 62.4 Å². The van der Waals surface area contributed by atoms with Crippen molar-refractivity contribution in [1.29, 1.82) is 0 Å². The summed E-state index contributed by atoms with van der Waals surface area (Å²) in [6, 6.07) is 15.3. The van der Waals surface area contributed by atoms with Crippen molar-refractivity contribution in [3.05, 3.63) is 64.7 Å². The zero-order valence-electron chi connectivity index (χ0n) is 13.7. The number of hydrogen-bond acceptors (Lipinski definition) is 2. The molecule has 2 rings (SSSR count). The molecule has 1 N–H and O–H groups in total. The first-order valence-electron chi connectivity index (χ1n) is 7.61. The third-order valence-electron chi connectivity index (χ3n) is 3.99. The molecule has 2 aromatic carbocycles. The van der Waals surface area contributed by atoms with Crippen molar-refractivity contribution in [3.8, 4) is 5.75 Å². The monoisotopic (exact) mass is 331 g/mol. The Morgan fingerprint density at radius 2 is 1.70 bits per heavy atom. The highest BCUT2D eigenvalue weighted by molar-refractivity contribution is 6.30. The molecule has 0 atom stereocenters. The first-order chi connectivity index (χ1) is 10.9. The number of carbonyl (C=O) groups excluding carboxylic acids is 1. The van der Waals surface area contributed by atoms with Crippen molar-refractivity contribution in [3.63, 3.8) is 0 Å². The molecule has 0 heterocycles. The number of rotatable bonds is 6. The minimum Gasteiger partial charge on any atom is -0.497 e. The number of halogens is 1. The van der Waals surface area contributed by atoms with Gasteiger partial charge in [-0.3, -0.25) is 4.79 Å². The lowest BCUT2D eigenvalue weighted by molar-refractivity contribution is -0.125. The summed E-state index contributed by atoms with van der Waals surface area (Å²) in [4.78, 5) is 12.5. The van der Waals surface area contributed by atoms with Gasteiger partial charge in [-0.15, -0.1) is 0 Å². The summed E-state index contributed by atoms with van der Waals surface area (Å²) in [6.45, 7) is 4.44. The van der Waals surface area contributed by atoms with E-state index in [2.05, 4.69) is 5.32 Å². The summed E-state index contributed by atoms with van der Waals surface area (Å²) >= 11 is 5.87. The normalized spacial score (nSPS) is 11.1. The van der Waals surface area contributed by atoms with Crippen molar-refractivity contribution >= 4 is 17.5 Å². The third-order valence-corrected chi connectivity index (χ3v) is 4.24. The molecule has 1 amide bonds. The minimum absolute atomic E-state index is 0.0108. The van der Waals surface area contributed by atoms with Gasteiger partial charge < -0.3 is 10.1 Å². The largest absolute Gasteiger partial charge is 0.497 e. The summed E-state index contributed by atoms with van der Waals surface area (Å²) in [5.41, 5.74) is 1.52. The van der Waals surface area contributed by atoms with Gasteiger partial charge in [-0.1, -0.05) is 35.9 Å². The topological polar surface area (TPSA) is 38.3 Å². The van der Waals surface area contributed by atoms with Gasteiger partial charge in [-0.25, -0.2) is 0 Å². The fraction of sp³-hybridized carbons (Fsp3) is 0.316. The van der Waals surface area contributed by atoms with E-state index in [1.54, 1.807) is 7.11 Å². The molecule has 2 aromatic rings. The molecule has 0 bridgehead atoms. The summed E-state index contributed by atoms with van der Waals surface area (Å²) in [6.07, 6.45) is 0.779. The van der Waals surface area contributed by atoms with Crippen molar-refractivity contribution in [2.45, 2.75) is 25.7 Å². The summed E-state index contributed by atoms with van der Waals surface area (Å²) in [7, 11) is 1.63. The molecule has 4 heteroatoms. The molecule has 23 heavy (non-hydrogen) atoms. The predicted molar refractivity (Wildman–Crippen MR) is 94.2 cm³/mol. The Hall–Kier alpha value is -2.00. The Balaban J connectivity index is 1.93. The average molecular weight is 332 g/mol. The molecule has 0 aliphatic carbocycles. The number of amides is 1. The first-order valence-corrected chi connectivity index (χ1v) is 7.98. The molecule has 0 aliphatic rings. The fourth-order valence-electron chi connectivity index (χ4n) is 2.33. The highest BCUT2D eigenvalue weighted by Gasteiger charge is 2.29. The van der Waals surface area contributed by atoms with E-state index in [0.29, 0.717) is 6.54 Å². The molecule has 0 spiro atoms. The lowest BCUT2D eigenvalue weighted by atomic mass is 9.83. The molecule has 0 aromatic heterocycles. The zero-order valence-corrected chi connectivity index (χ0v) is 14.5. The van der Waals surface area contributed by atoms with Crippen LogP contribution in [0.1, 0.15) is 25.0 Å². The molecule has 0 fully saturated rings. The maximum absolute atomic E-state index is 12.5. The van der Waals surface area contributed by atoms with Crippen LogP contribution in [0.25, 0.3) is 0 Å². The first kappa shape index (κ1) is 17.4. The maximum Gasteiger partial charge on any atom is 0.230 e. The second kappa shape index (κ2) is 7.51. The second-order valence-corrected chi connectivity index (χ2v) is 6.42. The van der Waals surface area contributed by atoms with Gasteiger partial charge in [0, 0.05) is 11.6 Å². The Morgan fingerprint density at radius 3 is 2.26 bits per heavy atom. The van der Waals surface area contributed by atoms with Crippen LogP contribution in [0.15, 0.2) is 48.5 Å². The molecular weight excluding hydrogens is 310 g/mol. The van der Waals surface area contributed by atoms with E-state index in [9.17, 15) is 4.79 Å². The Kier molecular flexibility index (Phi) is 5.67. The Labute approximate surface area is 142 Å². The quantitative estimate of drug-likeness (QED) is 0.869. The van der Waals surface area contributed by atoms with Crippen LogP contribution in [0.5, 0.6) is 5.75 Å². The highest BCUT2D eigenvalue weighted by atomic mass is 35.5. The van der Waals surface area contributed by atoms with Crippen LogP contribution in [0.3, 0.4) is 0 Å². The van der Waals surface area contributed by atoms with Crippen LogP contribution in [-0.4, -0.2) is 19.6 Å². The van der Waals surface area contributed by atoms with E-state index in [1.165, 1.54) is 0 Å². The molecule has 0 radical (unpaired) electrons. The number of benzene rings is 2. The standard InChI is InChI=1S/C19H22ClNO2/c1-19(2,15-6-10-17(23-3)11-7-15)18(22)21-13-12-14-4-8-16(20)9-5-14/h4-11H,12-13H2,1-3H3,(H,21,22). The molecule has 0 saturated carbocycles. The molecule has 0 unspecified atom stereocenters. The van der Waals surface area contributed by atoms with E-state index < -0.39 is 5.41 Å². The van der Waals surface area contributed by atoms with Gasteiger partial charge in [0.15, 0.2) is 0 Å². The molecule has 122 valence electrons. The van der Waals surface area contributed by atoms with Gasteiger partial charge in [0.2, 0.25) is 5.91 Å². The van der Waals surface area contributed by atoms with Gasteiger partial charge in [-0.05, 0) is 55.7 Å². The van der Waals surface area contributed by atoms with Crippen molar-refractivity contribution in [2.75, 3.05) is 13.7 Å². The van der Waals surface area contributed by atoms with E-state index in [-0.39, 0.29) is 5.91 Å². The predicted octanol–water partition coefficient (Wildman–Crippen LogP) is 3.99. The second-order valence-electron chi connectivity index (χ2n) is 5.99. The van der Waals surface area contributed by atoms with Gasteiger partial charge in [0.05, 0.1) is 12.5 Å². The zero-order chi connectivity index (χ0) is 16.9. The fourth-order valence-corrected chi connectivity index (χ4v) is 2.46. The van der Waals surface area contributed by atoms with E-state index in [4.69, 9.17) is 16.3 Å². The molecular formula is C19H22ClNO2. The van der Waals surface area contributed by atoms with Gasteiger partial charge in [-0.2, -0.15) is 0 Å². The van der Waals surface area contributed by atoms with E-state index >= 15 is 0 Å². The SMILES string of the molecule is COc1ccc(C(C)(C)C(=O)NCCc2ccc(Cl)cc2)cc1. The van der Waals surface area contributed by atoms with Crippen molar-refractivity contribution < 1.29 is 9.53 Å². The number of carbonyl (C=O) groups is 1. The van der Waals surface area contributed by atoms with Gasteiger partial charge >= 0.3 is 0 Å². The number of ether oxygens (including phenoxy) is 1. The van der Waals surface area contributed by atoms with E-state index in [0.717, 1.165) is 28.3 Å². The van der Waals surface area contributed by atoms with Crippen LogP contribution >= 0.6 is 11.6 Å². The molecule has 0 saturated heterocycles. The van der Waals surface area contributed by atoms with Crippen LogP contribution in [-0.2, 0) is 16.6 Å². The molecule has 3 nitrogen and oxygen atoms in total. The number of hydrogen-bond donors (Lipinski definition) is 1. The number of methoxy groups -OCH3 is 1. The minimum atomic E-state index is -0.591. The van der Waals surface area contributed by atoms with Gasteiger partial charge in [0.1, 0.15) is 5.75 Å². The maximum atomic E-state index is 12.5. The average Bonchev–Trinajstić information content (AvgIpc) is 2.56. The summed E-state index contributed by atoms with van der Waals surface area (Å²) in [5, 5.41) is 3.73. The van der Waals surface area contributed by atoms with Crippen LogP contribution in [0.4, 0.5) is 0 Å². The smallest absolute Gasteiger partial charge is 0.230 e. The Morgan fingerprint density at radius 1 is 1.09 bits per heavy atom. The molecule has 0 aliphatic heterocycles. The van der Waals surface area contributed by atoms with Crippen molar-refractivity contribution in [2.24, 2.45) is 0 Å². The lowest BCUT2D eigenvalue weighted by Crippen LogP contribution is -2.40. The number of nitrogens with one attached hydrogen (secondary N) is 1. The third kappa shape index (κ3) is 4.49. The Bertz CT molecular complexity index is 648. The van der Waals surface area contributed by atoms with Crippen LogP contribution in [0.2, 0.25) is 5.02 Å². The highest BCUT2D eigenvalue weighted by Crippen LogP contribution is 2.25. The van der Waals surface area contributed by atoms with Crippen LogP contribution in [0, 0.1) is 0 Å². The van der Waals surface area contributed by atoms with Gasteiger partial charge in [0.25, 0.3) is 0 Å². The summed E-state index contributed by atoms with van der Waals surface area (Å²) < 4.78 is 5.15. The summed E-state index contributed by atoms with van der Waals surface area (Å²) in [5.74, 6) is 0.796. The lowest BCUT2D eigenvalue weighted by Gasteiger charge is -2.24.